The van der Waals surface area contributed by atoms with E-state index in [9.17, 15) is 8.42 Å². The number of sulfonamides is 1. The second-order valence-corrected chi connectivity index (χ2v) is 7.51. The van der Waals surface area contributed by atoms with Gasteiger partial charge >= 0.3 is 0 Å². The molecule has 0 radical (unpaired) electrons. The third-order valence-corrected chi connectivity index (χ3v) is 6.35. The summed E-state index contributed by atoms with van der Waals surface area (Å²) in [6.07, 6.45) is 1.66. The molecule has 0 fully saturated rings. The lowest BCUT2D eigenvalue weighted by atomic mass is 10.3. The molecule has 2 aromatic heterocycles. The molecular weight excluding hydrogens is 294 g/mol. The summed E-state index contributed by atoms with van der Waals surface area (Å²) < 4.78 is 26.9. The molecular formula is C13H17N3O2S2. The fourth-order valence-electron chi connectivity index (χ4n) is 1.77. The van der Waals surface area contributed by atoms with Crippen LogP contribution in [0.3, 0.4) is 0 Å². The second kappa shape index (κ2) is 6.45. The van der Waals surface area contributed by atoms with Gasteiger partial charge in [0.05, 0.1) is 12.2 Å². The van der Waals surface area contributed by atoms with Gasteiger partial charge in [0.1, 0.15) is 4.21 Å². The molecule has 0 atom stereocenters. The molecule has 7 heteroatoms. The highest BCUT2D eigenvalue weighted by Gasteiger charge is 2.25. The van der Waals surface area contributed by atoms with Gasteiger partial charge in [-0.05, 0) is 24.3 Å². The molecule has 0 spiro atoms. The first-order valence-electron chi connectivity index (χ1n) is 6.26. The van der Waals surface area contributed by atoms with Crippen LogP contribution >= 0.6 is 11.3 Å². The molecule has 0 aliphatic carbocycles. The minimum atomic E-state index is -3.48. The molecule has 0 unspecified atom stereocenters. The Hall–Kier alpha value is -1.28. The lowest BCUT2D eigenvalue weighted by Gasteiger charge is -2.19. The van der Waals surface area contributed by atoms with Gasteiger partial charge < -0.3 is 5.73 Å². The molecule has 0 bridgehead atoms. The van der Waals surface area contributed by atoms with Crippen molar-refractivity contribution in [1.29, 1.82) is 0 Å². The number of nitrogens with zero attached hydrogens (tertiary/aromatic N) is 2. The Morgan fingerprint density at radius 2 is 2.10 bits per heavy atom. The van der Waals surface area contributed by atoms with E-state index >= 15 is 0 Å². The fraction of sp³-hybridized carbons (Fsp3) is 0.308. The molecule has 0 aromatic carbocycles. The number of hydrogen-bond donors (Lipinski definition) is 1. The first kappa shape index (κ1) is 15.1. The van der Waals surface area contributed by atoms with Crippen LogP contribution in [0.15, 0.2) is 40.7 Å². The molecule has 2 aromatic rings. The highest BCUT2D eigenvalue weighted by atomic mass is 32.2. The maximum absolute atomic E-state index is 12.6. The molecule has 0 saturated heterocycles. The van der Waals surface area contributed by atoms with Crippen molar-refractivity contribution >= 4 is 21.4 Å². The van der Waals surface area contributed by atoms with E-state index in [1.165, 1.54) is 15.6 Å². The zero-order valence-electron chi connectivity index (χ0n) is 11.2. The number of rotatable bonds is 6. The van der Waals surface area contributed by atoms with E-state index in [1.807, 2.05) is 19.1 Å². The summed E-state index contributed by atoms with van der Waals surface area (Å²) in [5.74, 6) is 0. The molecule has 0 aliphatic rings. The third-order valence-electron chi connectivity index (χ3n) is 2.85. The molecule has 0 amide bonds. The minimum absolute atomic E-state index is 0.273. The number of thiophene rings is 1. The van der Waals surface area contributed by atoms with Crippen molar-refractivity contribution in [2.24, 2.45) is 5.73 Å². The van der Waals surface area contributed by atoms with Crippen molar-refractivity contribution < 1.29 is 8.42 Å². The highest BCUT2D eigenvalue weighted by molar-refractivity contribution is 7.91. The molecule has 20 heavy (non-hydrogen) atoms. The predicted octanol–water partition coefficient (Wildman–Crippen LogP) is 1.81. The monoisotopic (exact) mass is 311 g/mol. The molecule has 108 valence electrons. The molecule has 2 rings (SSSR count). The minimum Gasteiger partial charge on any atom is -0.326 e. The van der Waals surface area contributed by atoms with Gasteiger partial charge in [0.15, 0.2) is 0 Å². The number of nitrogens with two attached hydrogens (primary N) is 1. The maximum atomic E-state index is 12.6. The fourth-order valence-corrected chi connectivity index (χ4v) is 4.58. The Balaban J connectivity index is 2.25. The largest absolute Gasteiger partial charge is 0.326 e. The molecule has 0 aliphatic heterocycles. The standard InChI is InChI=1S/C13H17N3O2S2/c1-2-16(10-11-5-3-4-8-15-11)20(17,18)13-7-6-12(9-14)19-13/h3-8H,2,9-10,14H2,1H3. The van der Waals surface area contributed by atoms with Crippen LogP contribution in [0.4, 0.5) is 0 Å². The van der Waals surface area contributed by atoms with Crippen LogP contribution < -0.4 is 5.73 Å². The van der Waals surface area contributed by atoms with Crippen molar-refractivity contribution in [2.45, 2.75) is 24.2 Å². The third kappa shape index (κ3) is 3.24. The van der Waals surface area contributed by atoms with Gasteiger partial charge in [-0.1, -0.05) is 13.0 Å². The van der Waals surface area contributed by atoms with Crippen molar-refractivity contribution in [1.82, 2.24) is 9.29 Å². The second-order valence-electron chi connectivity index (χ2n) is 4.18. The van der Waals surface area contributed by atoms with Crippen LogP contribution in [-0.2, 0) is 23.1 Å². The van der Waals surface area contributed by atoms with Gasteiger partial charge in [0.25, 0.3) is 10.0 Å². The Morgan fingerprint density at radius 3 is 2.65 bits per heavy atom. The Bertz CT molecular complexity index is 653. The quantitative estimate of drug-likeness (QED) is 0.883. The van der Waals surface area contributed by atoms with E-state index in [4.69, 9.17) is 5.73 Å². The van der Waals surface area contributed by atoms with E-state index in [1.54, 1.807) is 24.4 Å². The maximum Gasteiger partial charge on any atom is 0.252 e. The van der Waals surface area contributed by atoms with Crippen LogP contribution in [0, 0.1) is 0 Å². The van der Waals surface area contributed by atoms with Crippen LogP contribution in [0.5, 0.6) is 0 Å². The number of pyridine rings is 1. The summed E-state index contributed by atoms with van der Waals surface area (Å²) in [6.45, 7) is 2.84. The van der Waals surface area contributed by atoms with E-state index in [0.717, 1.165) is 10.6 Å². The Morgan fingerprint density at radius 1 is 1.30 bits per heavy atom. The lowest BCUT2D eigenvalue weighted by Crippen LogP contribution is -2.30. The zero-order chi connectivity index (χ0) is 14.6. The van der Waals surface area contributed by atoms with Crippen LogP contribution in [0.1, 0.15) is 17.5 Å². The van der Waals surface area contributed by atoms with E-state index < -0.39 is 10.0 Å². The van der Waals surface area contributed by atoms with Crippen LogP contribution in [0.25, 0.3) is 0 Å². The van der Waals surface area contributed by atoms with Gasteiger partial charge in [-0.25, -0.2) is 8.42 Å². The summed E-state index contributed by atoms with van der Waals surface area (Å²) >= 11 is 1.22. The summed E-state index contributed by atoms with van der Waals surface area (Å²) in [7, 11) is -3.48. The summed E-state index contributed by atoms with van der Waals surface area (Å²) in [4.78, 5) is 5.03. The van der Waals surface area contributed by atoms with Crippen LogP contribution in [0.2, 0.25) is 0 Å². The Kier molecular flexibility index (Phi) is 4.87. The smallest absolute Gasteiger partial charge is 0.252 e. The van der Waals surface area contributed by atoms with Gasteiger partial charge in [-0.2, -0.15) is 4.31 Å². The van der Waals surface area contributed by atoms with E-state index in [-0.39, 0.29) is 6.54 Å². The van der Waals surface area contributed by atoms with Crippen molar-refractivity contribution in [3.8, 4) is 0 Å². The first-order valence-corrected chi connectivity index (χ1v) is 8.52. The molecule has 5 nitrogen and oxygen atoms in total. The predicted molar refractivity (Wildman–Crippen MR) is 79.7 cm³/mol. The van der Waals surface area contributed by atoms with E-state index in [0.29, 0.717) is 17.3 Å². The SMILES string of the molecule is CCN(Cc1ccccn1)S(=O)(=O)c1ccc(CN)s1. The van der Waals surface area contributed by atoms with Crippen molar-refractivity contribution in [3.63, 3.8) is 0 Å². The average Bonchev–Trinajstić information content (AvgIpc) is 2.95. The lowest BCUT2D eigenvalue weighted by molar-refractivity contribution is 0.420. The summed E-state index contributed by atoms with van der Waals surface area (Å²) in [6, 6.07) is 8.84. The topological polar surface area (TPSA) is 76.3 Å². The van der Waals surface area contributed by atoms with Crippen molar-refractivity contribution in [3.05, 3.63) is 47.1 Å². The van der Waals surface area contributed by atoms with Crippen LogP contribution in [-0.4, -0.2) is 24.3 Å². The highest BCUT2D eigenvalue weighted by Crippen LogP contribution is 2.25. The number of aromatic nitrogens is 1. The molecule has 2 N–H and O–H groups in total. The first-order chi connectivity index (χ1) is 9.57. The number of hydrogen-bond acceptors (Lipinski definition) is 5. The van der Waals surface area contributed by atoms with E-state index in [2.05, 4.69) is 4.98 Å². The summed E-state index contributed by atoms with van der Waals surface area (Å²) in [5.41, 5.74) is 6.26. The van der Waals surface area contributed by atoms with Crippen molar-refractivity contribution in [2.75, 3.05) is 6.54 Å². The van der Waals surface area contributed by atoms with Gasteiger partial charge in [0, 0.05) is 24.2 Å². The molecule has 0 saturated carbocycles. The zero-order valence-corrected chi connectivity index (χ0v) is 12.8. The molecule has 2 heterocycles. The average molecular weight is 311 g/mol. The normalized spacial score (nSPS) is 11.9. The van der Waals surface area contributed by atoms with Gasteiger partial charge in [-0.15, -0.1) is 11.3 Å². The van der Waals surface area contributed by atoms with Gasteiger partial charge in [0.2, 0.25) is 0 Å². The van der Waals surface area contributed by atoms with Gasteiger partial charge in [-0.3, -0.25) is 4.98 Å². The summed E-state index contributed by atoms with van der Waals surface area (Å²) in [5, 5.41) is 0. The Labute approximate surface area is 123 Å².